The van der Waals surface area contributed by atoms with Crippen LogP contribution >= 0.6 is 0 Å². The van der Waals surface area contributed by atoms with Gasteiger partial charge in [-0.15, -0.1) is 0 Å². The van der Waals surface area contributed by atoms with Crippen LogP contribution in [0.1, 0.15) is 46.7 Å². The molecule has 0 aliphatic rings. The highest BCUT2D eigenvalue weighted by Crippen LogP contribution is 2.33. The summed E-state index contributed by atoms with van der Waals surface area (Å²) in [7, 11) is 0. The summed E-state index contributed by atoms with van der Waals surface area (Å²) in [6.07, 6.45) is -9.26. The predicted octanol–water partition coefficient (Wildman–Crippen LogP) is 4.42. The Morgan fingerprint density at radius 3 is 2.04 bits per heavy atom. The Labute approximate surface area is 144 Å². The zero-order valence-corrected chi connectivity index (χ0v) is 13.9. The molecular weight excluding hydrogens is 364 g/mol. The average Bonchev–Trinajstić information content (AvgIpc) is 2.95. The molecule has 142 valence electrons. The molecule has 26 heavy (non-hydrogen) atoms. The van der Waals surface area contributed by atoms with Crippen LogP contribution in [-0.2, 0) is 17.9 Å². The molecule has 0 fully saturated rings. The first-order chi connectivity index (χ1) is 11.7. The number of nitrogens with one attached hydrogen (secondary N) is 2. The van der Waals surface area contributed by atoms with Gasteiger partial charge in [0.05, 0.1) is 11.1 Å². The van der Waals surface area contributed by atoms with Crippen LogP contribution < -0.4 is 5.32 Å². The topological polar surface area (TPSA) is 57.8 Å². The molecule has 0 bridgehead atoms. The Hall–Kier alpha value is -2.52. The molecule has 1 heterocycles. The SMILES string of the molecule is Cc1cc(C(F)(F)F)cc(C(C)(C)NC(=O)c2cc(C(F)(F)F)[nH]n2)c1. The van der Waals surface area contributed by atoms with Crippen molar-refractivity contribution in [2.75, 3.05) is 0 Å². The number of nitrogens with zero attached hydrogens (tertiary/aromatic N) is 1. The van der Waals surface area contributed by atoms with Crippen molar-refractivity contribution in [1.82, 2.24) is 15.5 Å². The van der Waals surface area contributed by atoms with E-state index in [0.29, 0.717) is 11.6 Å². The maximum atomic E-state index is 13.0. The van der Waals surface area contributed by atoms with Crippen LogP contribution in [0, 0.1) is 6.92 Å². The van der Waals surface area contributed by atoms with Crippen LogP contribution in [0.25, 0.3) is 0 Å². The zero-order valence-electron chi connectivity index (χ0n) is 13.9. The van der Waals surface area contributed by atoms with E-state index in [1.54, 1.807) is 5.10 Å². The molecule has 0 radical (unpaired) electrons. The summed E-state index contributed by atoms with van der Waals surface area (Å²) < 4.78 is 76.6. The maximum absolute atomic E-state index is 13.0. The summed E-state index contributed by atoms with van der Waals surface area (Å²) >= 11 is 0. The minimum atomic E-state index is -4.70. The Morgan fingerprint density at radius 2 is 1.54 bits per heavy atom. The van der Waals surface area contributed by atoms with E-state index in [2.05, 4.69) is 10.4 Å². The van der Waals surface area contributed by atoms with E-state index in [9.17, 15) is 31.1 Å². The average molecular weight is 379 g/mol. The van der Waals surface area contributed by atoms with Gasteiger partial charge in [0.2, 0.25) is 0 Å². The molecule has 2 rings (SSSR count). The molecule has 0 atom stereocenters. The summed E-state index contributed by atoms with van der Waals surface area (Å²) in [4.78, 5) is 12.2. The molecule has 0 spiro atoms. The molecule has 1 amide bonds. The molecule has 2 N–H and O–H groups in total. The lowest BCUT2D eigenvalue weighted by molar-refractivity contribution is -0.141. The van der Waals surface area contributed by atoms with Gasteiger partial charge in [0.15, 0.2) is 5.69 Å². The number of rotatable bonds is 3. The summed E-state index contributed by atoms with van der Waals surface area (Å²) in [5, 5.41) is 7.41. The van der Waals surface area contributed by atoms with Gasteiger partial charge >= 0.3 is 12.4 Å². The number of amides is 1. The lowest BCUT2D eigenvalue weighted by Crippen LogP contribution is -2.41. The second-order valence-corrected chi connectivity index (χ2v) is 6.33. The van der Waals surface area contributed by atoms with Crippen molar-refractivity contribution in [2.24, 2.45) is 0 Å². The van der Waals surface area contributed by atoms with Gasteiger partial charge in [0, 0.05) is 6.07 Å². The van der Waals surface area contributed by atoms with E-state index in [1.165, 1.54) is 26.8 Å². The van der Waals surface area contributed by atoms with E-state index in [4.69, 9.17) is 0 Å². The normalized spacial score (nSPS) is 13.0. The number of aryl methyl sites for hydroxylation is 1. The maximum Gasteiger partial charge on any atom is 0.432 e. The minimum absolute atomic E-state index is 0.157. The fraction of sp³-hybridized carbons (Fsp3) is 0.375. The fourth-order valence-corrected chi connectivity index (χ4v) is 2.31. The summed E-state index contributed by atoms with van der Waals surface area (Å²) in [5.41, 5.74) is -3.39. The van der Waals surface area contributed by atoms with Crippen LogP contribution in [0.2, 0.25) is 0 Å². The highest BCUT2D eigenvalue weighted by atomic mass is 19.4. The van der Waals surface area contributed by atoms with Crippen molar-refractivity contribution in [1.29, 1.82) is 0 Å². The second-order valence-electron chi connectivity index (χ2n) is 6.33. The van der Waals surface area contributed by atoms with Gasteiger partial charge in [-0.05, 0) is 38.5 Å². The van der Waals surface area contributed by atoms with Crippen LogP contribution in [0.3, 0.4) is 0 Å². The smallest absolute Gasteiger partial charge is 0.342 e. The Morgan fingerprint density at radius 1 is 0.962 bits per heavy atom. The number of aromatic amines is 1. The van der Waals surface area contributed by atoms with Crippen molar-refractivity contribution in [3.63, 3.8) is 0 Å². The summed E-state index contributed by atoms with van der Waals surface area (Å²) in [5.74, 6) is -0.947. The summed E-state index contributed by atoms with van der Waals surface area (Å²) in [6.45, 7) is 4.36. The lowest BCUT2D eigenvalue weighted by atomic mass is 9.91. The summed E-state index contributed by atoms with van der Waals surface area (Å²) in [6, 6.07) is 3.84. The van der Waals surface area contributed by atoms with Gasteiger partial charge in [-0.25, -0.2) is 0 Å². The largest absolute Gasteiger partial charge is 0.432 e. The van der Waals surface area contributed by atoms with Crippen molar-refractivity contribution in [3.8, 4) is 0 Å². The van der Waals surface area contributed by atoms with Gasteiger partial charge in [-0.2, -0.15) is 31.4 Å². The number of hydrogen-bond acceptors (Lipinski definition) is 2. The standard InChI is InChI=1S/C16H15F6N3O/c1-8-4-9(6-10(5-8)15(17,18)19)14(2,3)23-13(26)11-7-12(25-24-11)16(20,21)22/h4-7H,1-3H3,(H,23,26)(H,24,25). The van der Waals surface area contributed by atoms with Gasteiger partial charge in [-0.1, -0.05) is 11.6 Å². The number of alkyl halides is 6. The lowest BCUT2D eigenvalue weighted by Gasteiger charge is -2.27. The third-order valence-corrected chi connectivity index (χ3v) is 3.67. The quantitative estimate of drug-likeness (QED) is 0.776. The Balaban J connectivity index is 2.29. The van der Waals surface area contributed by atoms with Crippen LogP contribution in [0.5, 0.6) is 0 Å². The van der Waals surface area contributed by atoms with E-state index < -0.39 is 40.8 Å². The van der Waals surface area contributed by atoms with Crippen LogP contribution in [0.15, 0.2) is 24.3 Å². The predicted molar refractivity (Wildman–Crippen MR) is 80.3 cm³/mol. The molecule has 0 saturated carbocycles. The van der Waals surface area contributed by atoms with E-state index in [-0.39, 0.29) is 5.56 Å². The number of carbonyl (C=O) groups excluding carboxylic acids is 1. The third-order valence-electron chi connectivity index (χ3n) is 3.67. The molecule has 0 aliphatic carbocycles. The van der Waals surface area contributed by atoms with E-state index in [0.717, 1.165) is 12.1 Å². The van der Waals surface area contributed by atoms with Crippen LogP contribution in [0.4, 0.5) is 26.3 Å². The number of aromatic nitrogens is 2. The van der Waals surface area contributed by atoms with Crippen molar-refractivity contribution >= 4 is 5.91 Å². The molecule has 10 heteroatoms. The fourth-order valence-electron chi connectivity index (χ4n) is 2.31. The molecule has 2 aromatic rings. The highest BCUT2D eigenvalue weighted by molar-refractivity contribution is 5.93. The number of benzene rings is 1. The first kappa shape index (κ1) is 19.8. The minimum Gasteiger partial charge on any atom is -0.342 e. The van der Waals surface area contributed by atoms with Crippen molar-refractivity contribution < 1.29 is 31.1 Å². The molecule has 0 saturated heterocycles. The number of halogens is 6. The Bertz CT molecular complexity index is 820. The first-order valence-electron chi connectivity index (χ1n) is 7.34. The van der Waals surface area contributed by atoms with Gasteiger partial charge in [0.1, 0.15) is 5.69 Å². The van der Waals surface area contributed by atoms with Gasteiger partial charge < -0.3 is 5.32 Å². The second kappa shape index (κ2) is 6.33. The van der Waals surface area contributed by atoms with Crippen LogP contribution in [-0.4, -0.2) is 16.1 Å². The third kappa shape index (κ3) is 4.36. The van der Waals surface area contributed by atoms with Gasteiger partial charge in [-0.3, -0.25) is 9.89 Å². The number of hydrogen-bond donors (Lipinski definition) is 2. The molecular formula is C16H15F6N3O. The monoisotopic (exact) mass is 379 g/mol. The molecule has 0 aliphatic heterocycles. The number of H-pyrrole nitrogens is 1. The molecule has 0 unspecified atom stereocenters. The first-order valence-corrected chi connectivity index (χ1v) is 7.34. The van der Waals surface area contributed by atoms with Crippen molar-refractivity contribution in [3.05, 3.63) is 52.3 Å². The van der Waals surface area contributed by atoms with Crippen molar-refractivity contribution in [2.45, 2.75) is 38.7 Å². The van der Waals surface area contributed by atoms with E-state index >= 15 is 0 Å². The molecule has 1 aromatic carbocycles. The van der Waals surface area contributed by atoms with Gasteiger partial charge in [0.25, 0.3) is 5.91 Å². The molecule has 1 aromatic heterocycles. The Kier molecular flexibility index (Phi) is 4.82. The number of carbonyl (C=O) groups is 1. The highest BCUT2D eigenvalue weighted by Gasteiger charge is 2.35. The van der Waals surface area contributed by atoms with E-state index in [1.807, 2.05) is 0 Å². The zero-order chi connectivity index (χ0) is 19.9. The molecule has 4 nitrogen and oxygen atoms in total.